The van der Waals surface area contributed by atoms with E-state index in [2.05, 4.69) is 4.90 Å². The molecule has 0 atom stereocenters. The Kier molecular flexibility index (Phi) is 6.33. The van der Waals surface area contributed by atoms with Crippen molar-refractivity contribution in [2.45, 2.75) is 20.0 Å². The highest BCUT2D eigenvalue weighted by molar-refractivity contribution is 6.15. The van der Waals surface area contributed by atoms with Gasteiger partial charge in [-0.05, 0) is 60.5 Å². The molecule has 7 heteroatoms. The fourth-order valence-electron chi connectivity index (χ4n) is 4.32. The molecule has 0 aliphatic carbocycles. The molecule has 0 radical (unpaired) electrons. The van der Waals surface area contributed by atoms with Crippen LogP contribution < -0.4 is 23.7 Å². The molecule has 3 aromatic carbocycles. The second kappa shape index (κ2) is 9.72. The maximum atomic E-state index is 13.1. The van der Waals surface area contributed by atoms with E-state index in [9.17, 15) is 4.79 Å². The molecule has 0 spiro atoms. The lowest BCUT2D eigenvalue weighted by atomic mass is 10.0. The van der Waals surface area contributed by atoms with Crippen molar-refractivity contribution in [2.75, 3.05) is 27.6 Å². The van der Waals surface area contributed by atoms with E-state index < -0.39 is 0 Å². The van der Waals surface area contributed by atoms with Crippen LogP contribution >= 0.6 is 0 Å². The van der Waals surface area contributed by atoms with Crippen LogP contribution in [0.25, 0.3) is 6.08 Å². The predicted molar refractivity (Wildman–Crippen MR) is 131 cm³/mol. The lowest BCUT2D eigenvalue weighted by molar-refractivity contribution is 0.0872. The average Bonchev–Trinajstić information content (AvgIpc) is 3.20. The van der Waals surface area contributed by atoms with Crippen molar-refractivity contribution in [3.63, 3.8) is 0 Å². The molecule has 3 aromatic rings. The van der Waals surface area contributed by atoms with E-state index in [0.717, 1.165) is 28.2 Å². The first kappa shape index (κ1) is 22.8. The smallest absolute Gasteiger partial charge is 0.231 e. The fourth-order valence-corrected chi connectivity index (χ4v) is 4.32. The summed E-state index contributed by atoms with van der Waals surface area (Å²) in [5, 5.41) is 0. The summed E-state index contributed by atoms with van der Waals surface area (Å²) in [4.78, 5) is 15.2. The van der Waals surface area contributed by atoms with Gasteiger partial charge in [-0.2, -0.15) is 0 Å². The Bertz CT molecular complexity index is 1280. The molecule has 0 aromatic heterocycles. The van der Waals surface area contributed by atoms with Crippen LogP contribution in [0.1, 0.15) is 34.0 Å². The SMILES string of the molecule is CCOc1ccc(/C=C2\Oc3c(ccc4c3CN(Cc3ccc(OC)c(OC)c3)CO4)C2=O)cc1. The van der Waals surface area contributed by atoms with E-state index in [4.69, 9.17) is 23.7 Å². The summed E-state index contributed by atoms with van der Waals surface area (Å²) in [7, 11) is 3.24. The summed E-state index contributed by atoms with van der Waals surface area (Å²) < 4.78 is 28.4. The van der Waals surface area contributed by atoms with E-state index in [1.807, 2.05) is 55.5 Å². The molecule has 0 fully saturated rings. The fraction of sp³-hybridized carbons (Fsp3) is 0.250. The van der Waals surface area contributed by atoms with Gasteiger partial charge in [-0.15, -0.1) is 0 Å². The minimum Gasteiger partial charge on any atom is -0.494 e. The molecule has 5 rings (SSSR count). The van der Waals surface area contributed by atoms with Crippen molar-refractivity contribution in [2.24, 2.45) is 0 Å². The summed E-state index contributed by atoms with van der Waals surface area (Å²) in [5.41, 5.74) is 3.36. The van der Waals surface area contributed by atoms with Gasteiger partial charge < -0.3 is 23.7 Å². The normalized spacial score (nSPS) is 15.7. The summed E-state index contributed by atoms with van der Waals surface area (Å²) in [6, 6.07) is 17.1. The second-order valence-electron chi connectivity index (χ2n) is 8.31. The quantitative estimate of drug-likeness (QED) is 0.444. The lowest BCUT2D eigenvalue weighted by Crippen LogP contribution is -2.31. The van der Waals surface area contributed by atoms with Crippen molar-refractivity contribution in [1.82, 2.24) is 4.90 Å². The summed E-state index contributed by atoms with van der Waals surface area (Å²) in [5.74, 6) is 3.64. The number of hydrogen-bond donors (Lipinski definition) is 0. The van der Waals surface area contributed by atoms with Gasteiger partial charge >= 0.3 is 0 Å². The standard InChI is InChI=1S/C28H27NO6/c1-4-33-20-8-5-18(6-9-20)13-26-27(30)21-10-12-23-22(28(21)35-26)16-29(17-34-23)15-19-7-11-24(31-2)25(14-19)32-3/h5-14H,4,15-17H2,1-3H3/b26-13-. The predicted octanol–water partition coefficient (Wildman–Crippen LogP) is 5.07. The van der Waals surface area contributed by atoms with E-state index in [-0.39, 0.29) is 5.78 Å². The monoisotopic (exact) mass is 473 g/mol. The van der Waals surface area contributed by atoms with Crippen molar-refractivity contribution in [1.29, 1.82) is 0 Å². The highest BCUT2D eigenvalue weighted by Crippen LogP contribution is 2.42. The molecule has 0 saturated heterocycles. The molecular formula is C28H27NO6. The lowest BCUT2D eigenvalue weighted by Gasteiger charge is -2.29. The molecule has 0 unspecified atom stereocenters. The van der Waals surface area contributed by atoms with Crippen molar-refractivity contribution < 1.29 is 28.5 Å². The van der Waals surface area contributed by atoms with Crippen molar-refractivity contribution in [3.8, 4) is 28.7 Å². The van der Waals surface area contributed by atoms with Crippen molar-refractivity contribution >= 4 is 11.9 Å². The van der Waals surface area contributed by atoms with Crippen LogP contribution in [0, 0.1) is 0 Å². The Morgan fingerprint density at radius 3 is 2.54 bits per heavy atom. The molecule has 0 amide bonds. The van der Waals surface area contributed by atoms with Crippen LogP contribution in [-0.4, -0.2) is 38.2 Å². The zero-order valence-electron chi connectivity index (χ0n) is 20.0. The number of rotatable bonds is 7. The van der Waals surface area contributed by atoms with Gasteiger partial charge in [-0.25, -0.2) is 0 Å². The largest absolute Gasteiger partial charge is 0.494 e. The van der Waals surface area contributed by atoms with E-state index in [1.165, 1.54) is 0 Å². The summed E-state index contributed by atoms with van der Waals surface area (Å²) in [6.07, 6.45) is 1.76. The van der Waals surface area contributed by atoms with Crippen LogP contribution in [0.5, 0.6) is 28.7 Å². The number of hydrogen-bond acceptors (Lipinski definition) is 7. The second-order valence-corrected chi connectivity index (χ2v) is 8.31. The molecular weight excluding hydrogens is 446 g/mol. The first-order chi connectivity index (χ1) is 17.1. The highest BCUT2D eigenvalue weighted by Gasteiger charge is 2.33. The van der Waals surface area contributed by atoms with E-state index in [0.29, 0.717) is 55.0 Å². The number of Topliss-reactive ketones (excluding diaryl/α,β-unsaturated/α-hetero) is 1. The number of carbonyl (C=O) groups is 1. The maximum Gasteiger partial charge on any atom is 0.231 e. The molecule has 2 aliphatic rings. The third-order valence-electron chi connectivity index (χ3n) is 6.03. The topological polar surface area (TPSA) is 66.5 Å². The maximum absolute atomic E-state index is 13.1. The molecule has 0 bridgehead atoms. The van der Waals surface area contributed by atoms with Crippen LogP contribution in [-0.2, 0) is 13.1 Å². The zero-order chi connectivity index (χ0) is 24.4. The number of benzene rings is 3. The van der Waals surface area contributed by atoms with Crippen LogP contribution in [0.15, 0.2) is 60.4 Å². The van der Waals surface area contributed by atoms with Gasteiger partial charge in [-0.3, -0.25) is 9.69 Å². The number of methoxy groups -OCH3 is 2. The Morgan fingerprint density at radius 1 is 1.00 bits per heavy atom. The van der Waals surface area contributed by atoms with Gasteiger partial charge in [0.05, 0.1) is 32.0 Å². The number of fused-ring (bicyclic) bond motifs is 3. The number of nitrogens with zero attached hydrogens (tertiary/aromatic N) is 1. The Labute approximate surface area is 204 Å². The van der Waals surface area contributed by atoms with Crippen LogP contribution in [0.4, 0.5) is 0 Å². The number of carbonyl (C=O) groups excluding carboxylic acids is 1. The van der Waals surface area contributed by atoms with Crippen LogP contribution in [0.2, 0.25) is 0 Å². The first-order valence-corrected chi connectivity index (χ1v) is 11.5. The van der Waals surface area contributed by atoms with Gasteiger partial charge in [0.2, 0.25) is 5.78 Å². The molecule has 2 aliphatic heterocycles. The third kappa shape index (κ3) is 4.55. The molecule has 0 N–H and O–H groups in total. The Morgan fingerprint density at radius 2 is 1.80 bits per heavy atom. The number of ketones is 1. The number of allylic oxidation sites excluding steroid dienone is 1. The molecule has 180 valence electrons. The third-order valence-corrected chi connectivity index (χ3v) is 6.03. The number of ether oxygens (including phenoxy) is 5. The average molecular weight is 474 g/mol. The van der Waals surface area contributed by atoms with Gasteiger partial charge in [0.25, 0.3) is 0 Å². The first-order valence-electron chi connectivity index (χ1n) is 11.5. The molecule has 7 nitrogen and oxygen atoms in total. The van der Waals surface area contributed by atoms with Crippen LogP contribution in [0.3, 0.4) is 0 Å². The summed E-state index contributed by atoms with van der Waals surface area (Å²) in [6.45, 7) is 4.22. The minimum atomic E-state index is -0.131. The van der Waals surface area contributed by atoms with E-state index in [1.54, 1.807) is 26.4 Å². The molecule has 0 saturated carbocycles. The van der Waals surface area contributed by atoms with Crippen molar-refractivity contribution in [3.05, 3.63) is 82.6 Å². The van der Waals surface area contributed by atoms with E-state index >= 15 is 0 Å². The zero-order valence-corrected chi connectivity index (χ0v) is 20.0. The van der Waals surface area contributed by atoms with Gasteiger partial charge in [-0.1, -0.05) is 18.2 Å². The molecule has 35 heavy (non-hydrogen) atoms. The van der Waals surface area contributed by atoms with Gasteiger partial charge in [0.15, 0.2) is 17.3 Å². The Hall–Kier alpha value is -3.97. The van der Waals surface area contributed by atoms with Gasteiger partial charge in [0, 0.05) is 13.1 Å². The molecule has 2 heterocycles. The summed E-state index contributed by atoms with van der Waals surface area (Å²) >= 11 is 0. The minimum absolute atomic E-state index is 0.131. The Balaban J connectivity index is 1.36. The highest BCUT2D eigenvalue weighted by atomic mass is 16.5. The van der Waals surface area contributed by atoms with Gasteiger partial charge in [0.1, 0.15) is 24.0 Å².